The van der Waals surface area contributed by atoms with Crippen LogP contribution in [-0.2, 0) is 4.79 Å². The number of aliphatic hydroxyl groups is 2. The number of rotatable bonds is 5. The highest BCUT2D eigenvalue weighted by Crippen LogP contribution is 2.02. The molecule has 0 aliphatic carbocycles. The average molecular weight is 161 g/mol. The zero-order chi connectivity index (χ0) is 8.85. The van der Waals surface area contributed by atoms with Crippen LogP contribution < -0.4 is 0 Å². The van der Waals surface area contributed by atoms with Crippen LogP contribution in [0.15, 0.2) is 0 Å². The van der Waals surface area contributed by atoms with E-state index < -0.39 is 24.2 Å². The van der Waals surface area contributed by atoms with Gasteiger partial charge < -0.3 is 15.3 Å². The van der Waals surface area contributed by atoms with E-state index in [1.807, 2.05) is 0 Å². The maximum absolute atomic E-state index is 10.2. The van der Waals surface area contributed by atoms with Gasteiger partial charge in [-0.05, 0) is 6.42 Å². The molecule has 0 aromatic heterocycles. The molecular formula is C6H11NO4. The Morgan fingerprint density at radius 1 is 1.45 bits per heavy atom. The van der Waals surface area contributed by atoms with Gasteiger partial charge in [0, 0.05) is 12.5 Å². The minimum Gasteiger partial charge on any atom is -0.477 e. The number of aliphatic hydroxyl groups excluding tert-OH is 2. The molecule has 0 bridgehead atoms. The Bertz CT molecular complexity index is 157. The summed E-state index contributed by atoms with van der Waals surface area (Å²) in [5, 5.41) is 32.2. The van der Waals surface area contributed by atoms with E-state index in [9.17, 15) is 4.79 Å². The normalized spacial score (nSPS) is 12.5. The lowest BCUT2D eigenvalue weighted by Crippen LogP contribution is -2.26. The zero-order valence-electron chi connectivity index (χ0n) is 5.95. The van der Waals surface area contributed by atoms with Crippen molar-refractivity contribution in [3.63, 3.8) is 0 Å². The first-order valence-electron chi connectivity index (χ1n) is 3.17. The number of carboxylic acids is 1. The van der Waals surface area contributed by atoms with Crippen LogP contribution >= 0.6 is 0 Å². The van der Waals surface area contributed by atoms with Crippen molar-refractivity contribution in [3.8, 4) is 0 Å². The van der Waals surface area contributed by atoms with Crippen LogP contribution in [0.2, 0.25) is 0 Å². The van der Waals surface area contributed by atoms with Crippen LogP contribution in [0.1, 0.15) is 6.42 Å². The topological polar surface area (TPSA) is 102 Å². The highest BCUT2D eigenvalue weighted by molar-refractivity contribution is 6.35. The molecule has 5 heteroatoms. The fourth-order valence-electron chi connectivity index (χ4n) is 0.657. The van der Waals surface area contributed by atoms with Crippen molar-refractivity contribution in [1.82, 2.24) is 0 Å². The molecule has 0 amide bonds. The number of aliphatic carboxylic acids is 1. The molecule has 1 atom stereocenters. The van der Waals surface area contributed by atoms with Gasteiger partial charge in [0.1, 0.15) is 5.71 Å². The number of hydrogen-bond donors (Lipinski definition) is 4. The molecule has 0 aromatic carbocycles. The third kappa shape index (κ3) is 3.10. The van der Waals surface area contributed by atoms with Gasteiger partial charge in [-0.15, -0.1) is 0 Å². The van der Waals surface area contributed by atoms with Gasteiger partial charge in [0.25, 0.3) is 0 Å². The monoisotopic (exact) mass is 161 g/mol. The Hall–Kier alpha value is -0.940. The van der Waals surface area contributed by atoms with E-state index in [1.54, 1.807) is 0 Å². The third-order valence-electron chi connectivity index (χ3n) is 1.34. The Morgan fingerprint density at radius 3 is 2.27 bits per heavy atom. The van der Waals surface area contributed by atoms with Gasteiger partial charge in [-0.25, -0.2) is 4.79 Å². The number of nitrogens with one attached hydrogen (secondary N) is 1. The van der Waals surface area contributed by atoms with Crippen LogP contribution in [0.25, 0.3) is 0 Å². The fourth-order valence-corrected chi connectivity index (χ4v) is 0.657. The van der Waals surface area contributed by atoms with Gasteiger partial charge in [0.2, 0.25) is 0 Å². The number of hydrogen-bond acceptors (Lipinski definition) is 4. The second kappa shape index (κ2) is 4.81. The third-order valence-corrected chi connectivity index (χ3v) is 1.34. The lowest BCUT2D eigenvalue weighted by Gasteiger charge is -2.09. The van der Waals surface area contributed by atoms with Crippen molar-refractivity contribution in [2.75, 3.05) is 13.2 Å². The summed E-state index contributed by atoms with van der Waals surface area (Å²) in [6.45, 7) is -0.632. The molecule has 0 saturated heterocycles. The second-order valence-electron chi connectivity index (χ2n) is 2.11. The minimum atomic E-state index is -1.35. The van der Waals surface area contributed by atoms with Gasteiger partial charge in [0.05, 0.1) is 6.61 Å². The highest BCUT2D eigenvalue weighted by atomic mass is 16.4. The Balaban J connectivity index is 4.02. The molecule has 0 rings (SSSR count). The summed E-state index contributed by atoms with van der Waals surface area (Å²) in [6.07, 6.45) is 0.113. The predicted molar refractivity (Wildman–Crippen MR) is 37.6 cm³/mol. The molecule has 0 spiro atoms. The molecular weight excluding hydrogens is 150 g/mol. The van der Waals surface area contributed by atoms with E-state index in [0.29, 0.717) is 0 Å². The fraction of sp³-hybridized carbons (Fsp3) is 0.667. The van der Waals surface area contributed by atoms with Gasteiger partial charge in [-0.1, -0.05) is 0 Å². The first-order valence-corrected chi connectivity index (χ1v) is 3.17. The minimum absolute atomic E-state index is 0.113. The second-order valence-corrected chi connectivity index (χ2v) is 2.11. The lowest BCUT2D eigenvalue weighted by atomic mass is 10.0. The molecule has 0 radical (unpaired) electrons. The molecule has 5 nitrogen and oxygen atoms in total. The molecule has 0 aliphatic heterocycles. The summed E-state index contributed by atoms with van der Waals surface area (Å²) in [5.74, 6) is -2.10. The van der Waals surface area contributed by atoms with E-state index in [-0.39, 0.29) is 13.0 Å². The van der Waals surface area contributed by atoms with Crippen LogP contribution in [-0.4, -0.2) is 40.2 Å². The number of carbonyl (C=O) groups is 1. The van der Waals surface area contributed by atoms with Crippen molar-refractivity contribution >= 4 is 11.7 Å². The summed E-state index contributed by atoms with van der Waals surface area (Å²) < 4.78 is 0. The lowest BCUT2D eigenvalue weighted by molar-refractivity contribution is -0.129. The summed E-state index contributed by atoms with van der Waals surface area (Å²) >= 11 is 0. The van der Waals surface area contributed by atoms with E-state index in [1.165, 1.54) is 0 Å². The molecule has 11 heavy (non-hydrogen) atoms. The van der Waals surface area contributed by atoms with Crippen LogP contribution in [0.5, 0.6) is 0 Å². The molecule has 4 N–H and O–H groups in total. The van der Waals surface area contributed by atoms with E-state index in [2.05, 4.69) is 0 Å². The predicted octanol–water partition coefficient (Wildman–Crippen LogP) is -0.918. The van der Waals surface area contributed by atoms with Gasteiger partial charge in [-0.3, -0.25) is 5.41 Å². The molecule has 0 aromatic rings. The summed E-state index contributed by atoms with van der Waals surface area (Å²) in [7, 11) is 0. The van der Waals surface area contributed by atoms with Gasteiger partial charge in [0.15, 0.2) is 0 Å². The SMILES string of the molecule is N=C(C(=O)O)C(CO)CCO. The zero-order valence-corrected chi connectivity index (χ0v) is 5.95. The quantitative estimate of drug-likeness (QED) is 0.392. The van der Waals surface area contributed by atoms with Crippen molar-refractivity contribution < 1.29 is 20.1 Å². The Kier molecular flexibility index (Phi) is 4.40. The summed E-state index contributed by atoms with van der Waals surface area (Å²) in [6, 6.07) is 0. The highest BCUT2D eigenvalue weighted by Gasteiger charge is 2.18. The summed E-state index contributed by atoms with van der Waals surface area (Å²) in [5.41, 5.74) is -0.554. The average Bonchev–Trinajstić information content (AvgIpc) is 1.98. The first-order chi connectivity index (χ1) is 5.13. The molecule has 1 unspecified atom stereocenters. The van der Waals surface area contributed by atoms with Crippen molar-refractivity contribution in [3.05, 3.63) is 0 Å². The number of carboxylic acid groups (broad SMARTS) is 1. The van der Waals surface area contributed by atoms with Crippen molar-refractivity contribution in [2.24, 2.45) is 5.92 Å². The van der Waals surface area contributed by atoms with E-state index >= 15 is 0 Å². The smallest absolute Gasteiger partial charge is 0.349 e. The summed E-state index contributed by atoms with van der Waals surface area (Å²) in [4.78, 5) is 10.2. The van der Waals surface area contributed by atoms with Gasteiger partial charge in [-0.2, -0.15) is 0 Å². The first kappa shape index (κ1) is 10.1. The van der Waals surface area contributed by atoms with Gasteiger partial charge >= 0.3 is 5.97 Å². The van der Waals surface area contributed by atoms with E-state index in [4.69, 9.17) is 20.7 Å². The van der Waals surface area contributed by atoms with Crippen LogP contribution in [0.4, 0.5) is 0 Å². The Labute approximate surface area is 63.8 Å². The van der Waals surface area contributed by atoms with Crippen molar-refractivity contribution in [1.29, 1.82) is 5.41 Å². The maximum atomic E-state index is 10.2. The van der Waals surface area contributed by atoms with E-state index in [0.717, 1.165) is 0 Å². The molecule has 0 fully saturated rings. The Morgan fingerprint density at radius 2 is 2.00 bits per heavy atom. The largest absolute Gasteiger partial charge is 0.477 e. The van der Waals surface area contributed by atoms with Crippen molar-refractivity contribution in [2.45, 2.75) is 6.42 Å². The molecule has 0 saturated carbocycles. The molecule has 64 valence electrons. The van der Waals surface area contributed by atoms with Crippen LogP contribution in [0, 0.1) is 11.3 Å². The maximum Gasteiger partial charge on any atom is 0.349 e. The standard InChI is InChI=1S/C6H11NO4/c7-5(6(10)11)4(3-9)1-2-8/h4,7-9H,1-3H2,(H,10,11). The van der Waals surface area contributed by atoms with Crippen LogP contribution in [0.3, 0.4) is 0 Å². The molecule has 0 heterocycles. The molecule has 0 aliphatic rings.